The first kappa shape index (κ1) is 14.7. The Kier molecular flexibility index (Phi) is 5.27. The Morgan fingerprint density at radius 3 is 2.45 bits per heavy atom. The fourth-order valence-corrected chi connectivity index (χ4v) is 2.48. The summed E-state index contributed by atoms with van der Waals surface area (Å²) in [6.07, 6.45) is 9.16. The van der Waals surface area contributed by atoms with Gasteiger partial charge in [-0.25, -0.2) is 4.79 Å². The van der Waals surface area contributed by atoms with Gasteiger partial charge in [-0.15, -0.1) is 0 Å². The molecule has 1 N–H and O–H groups in total. The predicted octanol–water partition coefficient (Wildman–Crippen LogP) is 4.38. The molecule has 4 heteroatoms. The number of hydrogen-bond donors (Lipinski definition) is 1. The molecule has 110 valence electrons. The topological polar surface area (TPSA) is 63.6 Å². The first-order chi connectivity index (χ1) is 9.72. The van der Waals surface area contributed by atoms with Crippen LogP contribution >= 0.6 is 0 Å². The van der Waals surface area contributed by atoms with Crippen molar-refractivity contribution >= 4 is 11.2 Å². The number of phenols is 1. The Bertz CT molecular complexity index is 594. The second-order valence-corrected chi connectivity index (χ2v) is 5.22. The molecule has 20 heavy (non-hydrogen) atoms. The Morgan fingerprint density at radius 2 is 1.70 bits per heavy atom. The van der Waals surface area contributed by atoms with Gasteiger partial charge in [0.05, 0.1) is 0 Å². The highest BCUT2D eigenvalue weighted by Crippen LogP contribution is 2.28. The summed E-state index contributed by atoms with van der Waals surface area (Å²) in [5.41, 5.74) is 1.48. The molecule has 0 radical (unpaired) electrons. The Labute approximate surface area is 118 Å². The van der Waals surface area contributed by atoms with Crippen LogP contribution in [-0.4, -0.2) is 5.11 Å². The maximum absolute atomic E-state index is 11.1. The van der Waals surface area contributed by atoms with Crippen LogP contribution in [-0.2, 0) is 6.42 Å². The van der Waals surface area contributed by atoms with Crippen LogP contribution in [0.4, 0.5) is 0 Å². The van der Waals surface area contributed by atoms with E-state index in [2.05, 4.69) is 6.92 Å². The molecule has 0 aliphatic heterocycles. The summed E-state index contributed by atoms with van der Waals surface area (Å²) >= 11 is 0. The summed E-state index contributed by atoms with van der Waals surface area (Å²) in [4.78, 5) is 11.1. The lowest BCUT2D eigenvalue weighted by molar-refractivity contribution is 0.407. The number of fused-ring (bicyclic) bond motifs is 1. The lowest BCUT2D eigenvalue weighted by Gasteiger charge is -2.04. The zero-order valence-corrected chi connectivity index (χ0v) is 12.0. The number of phenolic OH excluding ortho intramolecular Hbond substituents is 1. The Hall–Kier alpha value is -1.71. The molecule has 1 heterocycles. The molecule has 0 bridgehead atoms. The van der Waals surface area contributed by atoms with Gasteiger partial charge in [0, 0.05) is 5.56 Å². The van der Waals surface area contributed by atoms with E-state index in [1.54, 1.807) is 12.1 Å². The van der Waals surface area contributed by atoms with Crippen LogP contribution in [0.2, 0.25) is 0 Å². The zero-order chi connectivity index (χ0) is 14.4. The molecule has 0 spiro atoms. The van der Waals surface area contributed by atoms with E-state index < -0.39 is 5.82 Å². The van der Waals surface area contributed by atoms with Crippen molar-refractivity contribution in [3.8, 4) is 5.75 Å². The van der Waals surface area contributed by atoms with Crippen LogP contribution in [0.5, 0.6) is 5.75 Å². The van der Waals surface area contributed by atoms with Gasteiger partial charge in [0.25, 0.3) is 0 Å². The van der Waals surface area contributed by atoms with Crippen molar-refractivity contribution in [2.24, 2.45) is 0 Å². The van der Waals surface area contributed by atoms with E-state index in [9.17, 15) is 9.90 Å². The number of rotatable bonds is 8. The van der Waals surface area contributed by atoms with Crippen molar-refractivity contribution < 1.29 is 13.9 Å². The molecular formula is C16H22O4. The van der Waals surface area contributed by atoms with Gasteiger partial charge in [-0.05, 0) is 25.0 Å². The summed E-state index contributed by atoms with van der Waals surface area (Å²) in [6.45, 7) is 2.21. The minimum atomic E-state index is -0.716. The first-order valence-electron chi connectivity index (χ1n) is 7.47. The predicted molar refractivity (Wildman–Crippen MR) is 78.1 cm³/mol. The molecular weight excluding hydrogens is 256 g/mol. The smallest absolute Gasteiger partial charge is 0.508 e. The van der Waals surface area contributed by atoms with Crippen LogP contribution in [0.15, 0.2) is 25.8 Å². The maximum Gasteiger partial charge on any atom is 0.519 e. The molecule has 0 fully saturated rings. The molecule has 2 aromatic rings. The van der Waals surface area contributed by atoms with Gasteiger partial charge in [0.2, 0.25) is 0 Å². The molecule has 0 aliphatic rings. The van der Waals surface area contributed by atoms with Crippen LogP contribution in [0, 0.1) is 0 Å². The molecule has 0 atom stereocenters. The normalized spacial score (nSPS) is 11.2. The van der Waals surface area contributed by atoms with E-state index in [-0.39, 0.29) is 5.75 Å². The lowest BCUT2D eigenvalue weighted by Crippen LogP contribution is -1.89. The second-order valence-electron chi connectivity index (χ2n) is 5.22. The third kappa shape index (κ3) is 3.65. The average Bonchev–Trinajstić information content (AvgIpc) is 2.80. The number of aryl methyl sites for hydroxylation is 1. The minimum absolute atomic E-state index is 0.174. The maximum atomic E-state index is 11.1. The molecule has 1 aromatic carbocycles. The third-order valence-corrected chi connectivity index (χ3v) is 3.61. The van der Waals surface area contributed by atoms with E-state index in [0.29, 0.717) is 23.2 Å². The van der Waals surface area contributed by atoms with Crippen molar-refractivity contribution in [3.63, 3.8) is 0 Å². The summed E-state index contributed by atoms with van der Waals surface area (Å²) < 4.78 is 9.91. The molecule has 1 aromatic heterocycles. The Balaban J connectivity index is 1.89. The highest BCUT2D eigenvalue weighted by molar-refractivity contribution is 5.76. The van der Waals surface area contributed by atoms with E-state index in [4.69, 9.17) is 8.83 Å². The highest BCUT2D eigenvalue weighted by atomic mass is 16.6. The van der Waals surface area contributed by atoms with Gasteiger partial charge in [-0.3, -0.25) is 0 Å². The van der Waals surface area contributed by atoms with Gasteiger partial charge in [-0.1, -0.05) is 45.4 Å². The molecule has 2 rings (SSSR count). The summed E-state index contributed by atoms with van der Waals surface area (Å²) in [7, 11) is 0. The van der Waals surface area contributed by atoms with Gasteiger partial charge in [0.15, 0.2) is 11.2 Å². The summed E-state index contributed by atoms with van der Waals surface area (Å²) in [6, 6.07) is 3.11. The monoisotopic (exact) mass is 278 g/mol. The van der Waals surface area contributed by atoms with Gasteiger partial charge in [0.1, 0.15) is 5.75 Å². The standard InChI is InChI=1S/C16H22O4/c1-2-3-4-5-6-7-8-9-12-13(17)10-11-14-15(12)20-16(18)19-14/h10-11,17H,2-9H2,1H3. The minimum Gasteiger partial charge on any atom is -0.508 e. The molecule has 0 saturated carbocycles. The number of unbranched alkanes of at least 4 members (excludes halogenated alkanes) is 6. The number of aromatic hydroxyl groups is 1. The summed E-state index contributed by atoms with van der Waals surface area (Å²) in [5.74, 6) is -0.542. The largest absolute Gasteiger partial charge is 0.519 e. The van der Waals surface area contributed by atoms with Crippen LogP contribution in [0.1, 0.15) is 57.4 Å². The quantitative estimate of drug-likeness (QED) is 0.727. The molecule has 0 amide bonds. The SMILES string of the molecule is CCCCCCCCCc1c(O)ccc2oc(=O)oc12. The van der Waals surface area contributed by atoms with Crippen LogP contribution in [0.3, 0.4) is 0 Å². The third-order valence-electron chi connectivity index (χ3n) is 3.61. The molecule has 4 nitrogen and oxygen atoms in total. The van der Waals surface area contributed by atoms with Gasteiger partial charge in [-0.2, -0.15) is 0 Å². The first-order valence-corrected chi connectivity index (χ1v) is 7.47. The van der Waals surface area contributed by atoms with Crippen LogP contribution < -0.4 is 5.82 Å². The van der Waals surface area contributed by atoms with Gasteiger partial charge >= 0.3 is 5.82 Å². The Morgan fingerprint density at radius 1 is 1.00 bits per heavy atom. The molecule has 0 unspecified atom stereocenters. The number of hydrogen-bond acceptors (Lipinski definition) is 4. The van der Waals surface area contributed by atoms with Crippen molar-refractivity contribution in [2.45, 2.75) is 58.3 Å². The van der Waals surface area contributed by atoms with E-state index >= 15 is 0 Å². The van der Waals surface area contributed by atoms with Crippen molar-refractivity contribution in [1.29, 1.82) is 0 Å². The zero-order valence-electron chi connectivity index (χ0n) is 12.0. The van der Waals surface area contributed by atoms with Crippen molar-refractivity contribution in [3.05, 3.63) is 28.3 Å². The number of benzene rings is 1. The van der Waals surface area contributed by atoms with Crippen molar-refractivity contribution in [2.75, 3.05) is 0 Å². The van der Waals surface area contributed by atoms with E-state index in [1.807, 2.05) is 0 Å². The van der Waals surface area contributed by atoms with Crippen molar-refractivity contribution in [1.82, 2.24) is 0 Å². The molecule has 0 saturated heterocycles. The lowest BCUT2D eigenvalue weighted by atomic mass is 10.0. The fourth-order valence-electron chi connectivity index (χ4n) is 2.48. The van der Waals surface area contributed by atoms with Crippen LogP contribution in [0.25, 0.3) is 11.2 Å². The highest BCUT2D eigenvalue weighted by Gasteiger charge is 2.13. The fraction of sp³-hybridized carbons (Fsp3) is 0.562. The molecule has 0 aliphatic carbocycles. The summed E-state index contributed by atoms with van der Waals surface area (Å²) in [5, 5.41) is 9.89. The van der Waals surface area contributed by atoms with E-state index in [0.717, 1.165) is 12.8 Å². The van der Waals surface area contributed by atoms with Gasteiger partial charge < -0.3 is 13.9 Å². The second kappa shape index (κ2) is 7.17. The average molecular weight is 278 g/mol. The van der Waals surface area contributed by atoms with E-state index in [1.165, 1.54) is 32.1 Å².